The van der Waals surface area contributed by atoms with Crippen LogP contribution < -0.4 is 0 Å². The van der Waals surface area contributed by atoms with Crippen molar-refractivity contribution in [3.05, 3.63) is 35.9 Å². The lowest BCUT2D eigenvalue weighted by Gasteiger charge is -2.14. The number of carboxylic acid groups (broad SMARTS) is 1. The van der Waals surface area contributed by atoms with Crippen LogP contribution in [0.5, 0.6) is 0 Å². The van der Waals surface area contributed by atoms with Crippen molar-refractivity contribution in [2.75, 3.05) is 25.6 Å². The highest BCUT2D eigenvalue weighted by atomic mass is 32.2. The standard InChI is InChI=1S/C13H17NO4S/c1-14(2)12(15)9-19(18)8-11(13(16)17)10-6-4-3-5-7-10/h3-7,11H,8-9H2,1-2H3,(H,16,17). The van der Waals surface area contributed by atoms with Gasteiger partial charge in [-0.05, 0) is 5.56 Å². The number of benzene rings is 1. The lowest BCUT2D eigenvalue weighted by molar-refractivity contribution is -0.138. The molecule has 1 aromatic carbocycles. The molecule has 19 heavy (non-hydrogen) atoms. The zero-order valence-corrected chi connectivity index (χ0v) is 11.7. The van der Waals surface area contributed by atoms with Crippen molar-refractivity contribution in [3.63, 3.8) is 0 Å². The number of amides is 1. The second-order valence-electron chi connectivity index (χ2n) is 4.34. The van der Waals surface area contributed by atoms with E-state index in [0.29, 0.717) is 5.56 Å². The van der Waals surface area contributed by atoms with E-state index in [9.17, 15) is 18.9 Å². The molecule has 1 rings (SSSR count). The monoisotopic (exact) mass is 283 g/mol. The van der Waals surface area contributed by atoms with Crippen LogP contribution in [0.15, 0.2) is 30.3 Å². The largest absolute Gasteiger partial charge is 0.481 e. The lowest BCUT2D eigenvalue weighted by Crippen LogP contribution is -2.29. The minimum atomic E-state index is -1.49. The Morgan fingerprint density at radius 2 is 1.84 bits per heavy atom. The van der Waals surface area contributed by atoms with Gasteiger partial charge in [-0.15, -0.1) is 0 Å². The minimum Gasteiger partial charge on any atom is -0.481 e. The topological polar surface area (TPSA) is 74.7 Å². The molecule has 0 heterocycles. The Kier molecular flexibility index (Phi) is 5.69. The second kappa shape index (κ2) is 7.04. The predicted molar refractivity (Wildman–Crippen MR) is 73.4 cm³/mol. The molecule has 0 aliphatic heterocycles. The van der Waals surface area contributed by atoms with Gasteiger partial charge >= 0.3 is 5.97 Å². The minimum absolute atomic E-state index is 0.0566. The highest BCUT2D eigenvalue weighted by Crippen LogP contribution is 2.17. The van der Waals surface area contributed by atoms with E-state index in [2.05, 4.69) is 0 Å². The Labute approximate surface area is 114 Å². The molecule has 0 aliphatic carbocycles. The van der Waals surface area contributed by atoms with E-state index in [1.54, 1.807) is 44.4 Å². The molecule has 0 aliphatic rings. The molecule has 0 saturated heterocycles. The van der Waals surface area contributed by atoms with Gasteiger partial charge in [0.1, 0.15) is 5.75 Å². The Hall–Kier alpha value is -1.69. The summed E-state index contributed by atoms with van der Waals surface area (Å²) in [6.07, 6.45) is 0. The van der Waals surface area contributed by atoms with Crippen LogP contribution in [0, 0.1) is 0 Å². The number of rotatable bonds is 6. The fourth-order valence-electron chi connectivity index (χ4n) is 1.51. The molecular weight excluding hydrogens is 266 g/mol. The molecule has 6 heteroatoms. The zero-order chi connectivity index (χ0) is 14.4. The van der Waals surface area contributed by atoms with Crippen LogP contribution in [-0.4, -0.2) is 51.7 Å². The first-order valence-corrected chi connectivity index (χ1v) is 7.23. The van der Waals surface area contributed by atoms with Gasteiger partial charge in [0.15, 0.2) is 0 Å². The molecule has 0 bridgehead atoms. The van der Waals surface area contributed by atoms with E-state index in [1.807, 2.05) is 0 Å². The van der Waals surface area contributed by atoms with E-state index in [4.69, 9.17) is 0 Å². The highest BCUT2D eigenvalue weighted by Gasteiger charge is 2.23. The van der Waals surface area contributed by atoms with Gasteiger partial charge < -0.3 is 10.0 Å². The highest BCUT2D eigenvalue weighted by molar-refractivity contribution is 7.85. The van der Waals surface area contributed by atoms with E-state index in [1.165, 1.54) is 4.90 Å². The molecule has 5 nitrogen and oxygen atoms in total. The quantitative estimate of drug-likeness (QED) is 0.833. The van der Waals surface area contributed by atoms with E-state index in [0.717, 1.165) is 0 Å². The SMILES string of the molecule is CN(C)C(=O)CS(=O)CC(C(=O)O)c1ccccc1. The summed E-state index contributed by atoms with van der Waals surface area (Å²) < 4.78 is 11.8. The number of hydrogen-bond acceptors (Lipinski definition) is 3. The maximum Gasteiger partial charge on any atom is 0.311 e. The van der Waals surface area contributed by atoms with Crippen molar-refractivity contribution in [3.8, 4) is 0 Å². The van der Waals surface area contributed by atoms with Gasteiger partial charge in [0.2, 0.25) is 5.91 Å². The van der Waals surface area contributed by atoms with Gasteiger partial charge in [-0.2, -0.15) is 0 Å². The summed E-state index contributed by atoms with van der Waals surface area (Å²) in [4.78, 5) is 24.0. The molecule has 0 saturated carbocycles. The average Bonchev–Trinajstić information content (AvgIpc) is 2.36. The Morgan fingerprint density at radius 1 is 1.26 bits per heavy atom. The summed E-state index contributed by atoms with van der Waals surface area (Å²) >= 11 is 0. The molecule has 1 amide bonds. The van der Waals surface area contributed by atoms with Crippen LogP contribution in [0.4, 0.5) is 0 Å². The fraction of sp³-hybridized carbons (Fsp3) is 0.385. The van der Waals surface area contributed by atoms with Crippen LogP contribution >= 0.6 is 0 Å². The average molecular weight is 283 g/mol. The Balaban J connectivity index is 2.73. The third-order valence-corrected chi connectivity index (χ3v) is 3.91. The summed E-state index contributed by atoms with van der Waals surface area (Å²) in [6.45, 7) is 0. The molecule has 104 valence electrons. The summed E-state index contributed by atoms with van der Waals surface area (Å²) in [7, 11) is 1.66. The number of nitrogens with zero attached hydrogens (tertiary/aromatic N) is 1. The summed E-state index contributed by atoms with van der Waals surface area (Å²) in [5.41, 5.74) is 0.598. The molecule has 1 N–H and O–H groups in total. The maximum atomic E-state index is 11.8. The smallest absolute Gasteiger partial charge is 0.311 e. The lowest BCUT2D eigenvalue weighted by atomic mass is 10.0. The first-order chi connectivity index (χ1) is 8.91. The second-order valence-corrected chi connectivity index (χ2v) is 5.84. The Bertz CT molecular complexity index is 473. The van der Waals surface area contributed by atoms with Gasteiger partial charge in [0, 0.05) is 30.6 Å². The van der Waals surface area contributed by atoms with Gasteiger partial charge in [-0.3, -0.25) is 13.8 Å². The van der Waals surface area contributed by atoms with Crippen molar-refractivity contribution in [2.24, 2.45) is 0 Å². The van der Waals surface area contributed by atoms with Gasteiger partial charge in [-0.25, -0.2) is 0 Å². The first kappa shape index (κ1) is 15.4. The third-order valence-electron chi connectivity index (χ3n) is 2.64. The van der Waals surface area contributed by atoms with Crippen molar-refractivity contribution in [1.82, 2.24) is 4.90 Å². The molecule has 0 spiro atoms. The summed E-state index contributed by atoms with van der Waals surface area (Å²) in [5, 5.41) is 9.19. The van der Waals surface area contributed by atoms with Crippen LogP contribution in [0.2, 0.25) is 0 Å². The van der Waals surface area contributed by atoms with Gasteiger partial charge in [0.25, 0.3) is 0 Å². The van der Waals surface area contributed by atoms with Crippen LogP contribution in [0.3, 0.4) is 0 Å². The van der Waals surface area contributed by atoms with Crippen molar-refractivity contribution in [2.45, 2.75) is 5.92 Å². The molecular formula is C13H17NO4S. The van der Waals surface area contributed by atoms with Crippen molar-refractivity contribution in [1.29, 1.82) is 0 Å². The number of aliphatic carboxylic acids is 1. The van der Waals surface area contributed by atoms with E-state index in [-0.39, 0.29) is 17.4 Å². The third kappa shape index (κ3) is 4.82. The number of carbonyl (C=O) groups excluding carboxylic acids is 1. The molecule has 0 radical (unpaired) electrons. The maximum absolute atomic E-state index is 11.8. The first-order valence-electron chi connectivity index (χ1n) is 5.74. The van der Waals surface area contributed by atoms with E-state index < -0.39 is 22.7 Å². The molecule has 2 unspecified atom stereocenters. The van der Waals surface area contributed by atoms with Gasteiger partial charge in [0.05, 0.1) is 5.92 Å². The molecule has 0 fully saturated rings. The van der Waals surface area contributed by atoms with Crippen molar-refractivity contribution < 1.29 is 18.9 Å². The normalized spacial score (nSPS) is 13.6. The van der Waals surface area contributed by atoms with Gasteiger partial charge in [-0.1, -0.05) is 30.3 Å². The zero-order valence-electron chi connectivity index (χ0n) is 10.9. The molecule has 0 aromatic heterocycles. The molecule has 1 aromatic rings. The number of carboxylic acids is 1. The van der Waals surface area contributed by atoms with Crippen molar-refractivity contribution >= 4 is 22.7 Å². The number of carbonyl (C=O) groups is 2. The van der Waals surface area contributed by atoms with Crippen LogP contribution in [0.1, 0.15) is 11.5 Å². The Morgan fingerprint density at radius 3 is 2.32 bits per heavy atom. The van der Waals surface area contributed by atoms with E-state index >= 15 is 0 Å². The van der Waals surface area contributed by atoms with Crippen LogP contribution in [-0.2, 0) is 20.4 Å². The predicted octanol–water partition coefficient (Wildman–Crippen LogP) is 0.692. The molecule has 2 atom stereocenters. The number of hydrogen-bond donors (Lipinski definition) is 1. The fourth-order valence-corrected chi connectivity index (χ4v) is 2.87. The summed E-state index contributed by atoms with van der Waals surface area (Å²) in [5.74, 6) is -2.35. The summed E-state index contributed by atoms with van der Waals surface area (Å²) in [6, 6.07) is 8.63. The van der Waals surface area contributed by atoms with Crippen LogP contribution in [0.25, 0.3) is 0 Å².